The summed E-state index contributed by atoms with van der Waals surface area (Å²) < 4.78 is 5.18. The second-order valence-electron chi connectivity index (χ2n) is 4.82. The van der Waals surface area contributed by atoms with Crippen molar-refractivity contribution < 1.29 is 14.3 Å². The minimum Gasteiger partial charge on any atom is -0.494 e. The standard InChI is InChI=1S/C15H12N6O4/c1-25-10-4-5-11(19-14-16-7-6-12(22)20-14)17-8(10)2-3-9-13(23)21-15(24)18-9/h4-7,9H,1H3,(H2,18,21,23,24)(H2,16,17,19,20,22)/t9-/m0/s1. The lowest BCUT2D eigenvalue weighted by Gasteiger charge is -2.07. The van der Waals surface area contributed by atoms with Gasteiger partial charge in [-0.05, 0) is 18.1 Å². The van der Waals surface area contributed by atoms with Gasteiger partial charge in [0, 0.05) is 12.3 Å². The number of amides is 3. The molecule has 1 fully saturated rings. The highest BCUT2D eigenvalue weighted by Crippen LogP contribution is 2.19. The minimum atomic E-state index is -0.956. The zero-order valence-corrected chi connectivity index (χ0v) is 12.9. The molecule has 4 N–H and O–H groups in total. The first-order chi connectivity index (χ1) is 12.0. The summed E-state index contributed by atoms with van der Waals surface area (Å²) in [5.41, 5.74) is -0.0614. The molecule has 126 valence electrons. The van der Waals surface area contributed by atoms with Crippen LogP contribution in [0.3, 0.4) is 0 Å². The number of anilines is 2. The van der Waals surface area contributed by atoms with Crippen LogP contribution >= 0.6 is 0 Å². The molecule has 3 rings (SSSR count). The first-order valence-electron chi connectivity index (χ1n) is 7.05. The van der Waals surface area contributed by atoms with E-state index in [4.69, 9.17) is 4.74 Å². The molecule has 1 atom stereocenters. The van der Waals surface area contributed by atoms with Crippen molar-refractivity contribution in [2.45, 2.75) is 6.04 Å². The highest BCUT2D eigenvalue weighted by molar-refractivity contribution is 6.05. The van der Waals surface area contributed by atoms with Crippen LogP contribution in [0, 0.1) is 11.8 Å². The van der Waals surface area contributed by atoms with Gasteiger partial charge in [0.05, 0.1) is 7.11 Å². The van der Waals surface area contributed by atoms with E-state index in [1.54, 1.807) is 12.1 Å². The zero-order chi connectivity index (χ0) is 17.8. The Morgan fingerprint density at radius 3 is 2.76 bits per heavy atom. The number of rotatable bonds is 3. The second kappa shape index (κ2) is 6.71. The van der Waals surface area contributed by atoms with Crippen molar-refractivity contribution in [1.29, 1.82) is 0 Å². The number of imide groups is 1. The normalized spacial score (nSPS) is 15.6. The molecule has 1 aliphatic rings. The van der Waals surface area contributed by atoms with Gasteiger partial charge in [-0.2, -0.15) is 0 Å². The maximum Gasteiger partial charge on any atom is 0.322 e. The van der Waals surface area contributed by atoms with E-state index >= 15 is 0 Å². The van der Waals surface area contributed by atoms with Gasteiger partial charge in [0.25, 0.3) is 11.5 Å². The maximum absolute atomic E-state index is 11.5. The molecular formula is C15H12N6O4. The highest BCUT2D eigenvalue weighted by atomic mass is 16.5. The average molecular weight is 340 g/mol. The van der Waals surface area contributed by atoms with Gasteiger partial charge < -0.3 is 15.4 Å². The van der Waals surface area contributed by atoms with Crippen LogP contribution in [0.5, 0.6) is 5.75 Å². The summed E-state index contributed by atoms with van der Waals surface area (Å²) in [7, 11) is 1.45. The van der Waals surface area contributed by atoms with Gasteiger partial charge in [-0.15, -0.1) is 0 Å². The molecule has 0 saturated carbocycles. The van der Waals surface area contributed by atoms with E-state index in [0.29, 0.717) is 11.6 Å². The van der Waals surface area contributed by atoms with E-state index in [2.05, 4.69) is 42.7 Å². The van der Waals surface area contributed by atoms with Crippen molar-refractivity contribution in [2.24, 2.45) is 0 Å². The van der Waals surface area contributed by atoms with E-state index in [1.165, 1.54) is 19.4 Å². The van der Waals surface area contributed by atoms with Crippen molar-refractivity contribution in [3.63, 3.8) is 0 Å². The number of nitrogens with zero attached hydrogens (tertiary/aromatic N) is 2. The summed E-state index contributed by atoms with van der Waals surface area (Å²) in [6, 6.07) is 2.96. The number of urea groups is 1. The van der Waals surface area contributed by atoms with Crippen LogP contribution in [-0.2, 0) is 4.79 Å². The third-order valence-electron chi connectivity index (χ3n) is 3.11. The molecule has 1 aliphatic heterocycles. The SMILES string of the molecule is COc1ccc(Nc2nccc(=O)[nH]2)nc1C#C[C@@H]1NC(=O)NC1=O. The predicted octanol–water partition coefficient (Wildman–Crippen LogP) is -0.523. The number of aromatic amines is 1. The number of carbonyl (C=O) groups is 2. The van der Waals surface area contributed by atoms with Gasteiger partial charge in [0.2, 0.25) is 5.95 Å². The predicted molar refractivity (Wildman–Crippen MR) is 86.3 cm³/mol. The van der Waals surface area contributed by atoms with Gasteiger partial charge in [-0.3, -0.25) is 19.9 Å². The Morgan fingerprint density at radius 2 is 2.08 bits per heavy atom. The Bertz CT molecular complexity index is 958. The summed E-state index contributed by atoms with van der Waals surface area (Å²) in [6.45, 7) is 0. The fourth-order valence-corrected chi connectivity index (χ4v) is 1.98. The fraction of sp³-hybridized carbons (Fsp3) is 0.133. The number of hydrogen-bond acceptors (Lipinski definition) is 7. The van der Waals surface area contributed by atoms with Crippen LogP contribution in [0.2, 0.25) is 0 Å². The molecule has 2 aromatic heterocycles. The van der Waals surface area contributed by atoms with Crippen LogP contribution in [-0.4, -0.2) is 40.0 Å². The van der Waals surface area contributed by atoms with Crippen molar-refractivity contribution in [3.05, 3.63) is 40.4 Å². The molecule has 0 radical (unpaired) electrons. The molecule has 10 heteroatoms. The van der Waals surface area contributed by atoms with Gasteiger partial charge in [-0.25, -0.2) is 14.8 Å². The van der Waals surface area contributed by atoms with Crippen molar-refractivity contribution in [2.75, 3.05) is 12.4 Å². The molecule has 0 aromatic carbocycles. The first kappa shape index (κ1) is 16.0. The fourth-order valence-electron chi connectivity index (χ4n) is 1.98. The molecule has 3 amide bonds. The molecule has 0 bridgehead atoms. The van der Waals surface area contributed by atoms with Crippen LogP contribution in [0.25, 0.3) is 0 Å². The Morgan fingerprint density at radius 1 is 1.24 bits per heavy atom. The van der Waals surface area contributed by atoms with E-state index < -0.39 is 18.0 Å². The molecule has 25 heavy (non-hydrogen) atoms. The number of hydrogen-bond donors (Lipinski definition) is 4. The number of ether oxygens (including phenoxy) is 1. The molecule has 10 nitrogen and oxygen atoms in total. The summed E-state index contributed by atoms with van der Waals surface area (Å²) in [6.07, 6.45) is 1.35. The molecule has 0 aliphatic carbocycles. The maximum atomic E-state index is 11.5. The number of pyridine rings is 1. The van der Waals surface area contributed by atoms with E-state index in [9.17, 15) is 14.4 Å². The van der Waals surface area contributed by atoms with Crippen LogP contribution in [0.4, 0.5) is 16.6 Å². The molecule has 3 heterocycles. The highest BCUT2D eigenvalue weighted by Gasteiger charge is 2.27. The van der Waals surface area contributed by atoms with E-state index in [1.807, 2.05) is 0 Å². The molecular weight excluding hydrogens is 328 g/mol. The molecule has 1 saturated heterocycles. The third-order valence-corrected chi connectivity index (χ3v) is 3.11. The van der Waals surface area contributed by atoms with Gasteiger partial charge >= 0.3 is 6.03 Å². The summed E-state index contributed by atoms with van der Waals surface area (Å²) in [5, 5.41) is 7.28. The van der Waals surface area contributed by atoms with Crippen LogP contribution in [0.1, 0.15) is 5.69 Å². The van der Waals surface area contributed by atoms with E-state index in [-0.39, 0.29) is 17.2 Å². The monoisotopic (exact) mass is 340 g/mol. The number of aromatic nitrogens is 3. The van der Waals surface area contributed by atoms with Crippen LogP contribution in [0.15, 0.2) is 29.2 Å². The smallest absolute Gasteiger partial charge is 0.322 e. The lowest BCUT2D eigenvalue weighted by atomic mass is 10.2. The number of methoxy groups -OCH3 is 1. The number of H-pyrrole nitrogens is 1. The third kappa shape index (κ3) is 3.73. The number of carbonyl (C=O) groups excluding carboxylic acids is 2. The summed E-state index contributed by atoms with van der Waals surface area (Å²) >= 11 is 0. The first-order valence-corrected chi connectivity index (χ1v) is 7.05. The lowest BCUT2D eigenvalue weighted by Crippen LogP contribution is -2.26. The molecule has 0 spiro atoms. The largest absolute Gasteiger partial charge is 0.494 e. The van der Waals surface area contributed by atoms with Gasteiger partial charge in [0.15, 0.2) is 17.5 Å². The minimum absolute atomic E-state index is 0.214. The Balaban J connectivity index is 1.87. The summed E-state index contributed by atoms with van der Waals surface area (Å²) in [5.74, 6) is 5.75. The topological polar surface area (TPSA) is 138 Å². The number of nitrogens with one attached hydrogen (secondary N) is 4. The molecule has 2 aromatic rings. The second-order valence-corrected chi connectivity index (χ2v) is 4.82. The Labute approximate surface area is 141 Å². The summed E-state index contributed by atoms with van der Waals surface area (Å²) in [4.78, 5) is 44.6. The average Bonchev–Trinajstić information content (AvgIpc) is 2.90. The Kier molecular flexibility index (Phi) is 4.30. The molecule has 0 unspecified atom stereocenters. The quantitative estimate of drug-likeness (QED) is 0.435. The van der Waals surface area contributed by atoms with Crippen molar-refractivity contribution in [3.8, 4) is 17.6 Å². The van der Waals surface area contributed by atoms with Crippen molar-refractivity contribution in [1.82, 2.24) is 25.6 Å². The van der Waals surface area contributed by atoms with Crippen LogP contribution < -0.4 is 26.2 Å². The van der Waals surface area contributed by atoms with Gasteiger partial charge in [-0.1, -0.05) is 5.92 Å². The zero-order valence-electron chi connectivity index (χ0n) is 12.9. The van der Waals surface area contributed by atoms with Gasteiger partial charge in [0.1, 0.15) is 5.82 Å². The van der Waals surface area contributed by atoms with Crippen molar-refractivity contribution >= 4 is 23.7 Å². The van der Waals surface area contributed by atoms with E-state index in [0.717, 1.165) is 0 Å². The Hall–Kier alpha value is -3.87. The lowest BCUT2D eigenvalue weighted by molar-refractivity contribution is -0.119.